The molecule has 0 aliphatic carbocycles. The van der Waals surface area contributed by atoms with E-state index in [9.17, 15) is 4.79 Å². The van der Waals surface area contributed by atoms with E-state index in [1.807, 2.05) is 26.0 Å². The van der Waals surface area contributed by atoms with Gasteiger partial charge in [-0.15, -0.1) is 11.8 Å². The summed E-state index contributed by atoms with van der Waals surface area (Å²) in [5.41, 5.74) is 0. The average molecular weight is 319 g/mol. The number of halogens is 1. The lowest BCUT2D eigenvalue weighted by Crippen LogP contribution is -2.42. The second-order valence-corrected chi connectivity index (χ2v) is 5.68. The molecular formula is C11H15BrN2O2S. The van der Waals surface area contributed by atoms with E-state index >= 15 is 0 Å². The van der Waals surface area contributed by atoms with E-state index in [4.69, 9.17) is 5.11 Å². The minimum absolute atomic E-state index is 0.142. The molecule has 0 saturated heterocycles. The fourth-order valence-electron chi connectivity index (χ4n) is 1.23. The van der Waals surface area contributed by atoms with Crippen molar-refractivity contribution in [2.45, 2.75) is 31.0 Å². The van der Waals surface area contributed by atoms with Crippen molar-refractivity contribution in [1.82, 2.24) is 10.3 Å². The zero-order valence-corrected chi connectivity index (χ0v) is 12.1. The van der Waals surface area contributed by atoms with E-state index in [1.165, 1.54) is 11.8 Å². The predicted molar refractivity (Wildman–Crippen MR) is 72.4 cm³/mol. The molecule has 0 saturated carbocycles. The molecule has 94 valence electrons. The van der Waals surface area contributed by atoms with E-state index in [2.05, 4.69) is 26.2 Å². The van der Waals surface area contributed by atoms with E-state index in [-0.39, 0.29) is 6.04 Å². The number of carbonyl (C=O) groups is 1. The lowest BCUT2D eigenvalue weighted by molar-refractivity contribution is -0.139. The van der Waals surface area contributed by atoms with Gasteiger partial charge in [-0.25, -0.2) is 4.98 Å². The first-order valence-electron chi connectivity index (χ1n) is 5.23. The maximum Gasteiger partial charge on any atom is 0.321 e. The summed E-state index contributed by atoms with van der Waals surface area (Å²) in [6, 6.07) is 3.30. The largest absolute Gasteiger partial charge is 0.480 e. The molecule has 2 N–H and O–H groups in total. The normalized spacial score (nSPS) is 12.7. The molecule has 0 spiro atoms. The van der Waals surface area contributed by atoms with Crippen molar-refractivity contribution >= 4 is 33.7 Å². The number of hydrogen-bond acceptors (Lipinski definition) is 4. The van der Waals surface area contributed by atoms with Crippen LogP contribution in [-0.4, -0.2) is 33.9 Å². The van der Waals surface area contributed by atoms with Gasteiger partial charge in [0.25, 0.3) is 0 Å². The van der Waals surface area contributed by atoms with Crippen LogP contribution in [0.5, 0.6) is 0 Å². The summed E-state index contributed by atoms with van der Waals surface area (Å²) >= 11 is 4.81. The van der Waals surface area contributed by atoms with Crippen molar-refractivity contribution in [2.24, 2.45) is 0 Å². The van der Waals surface area contributed by atoms with Gasteiger partial charge in [0.1, 0.15) is 11.1 Å². The molecule has 4 nitrogen and oxygen atoms in total. The summed E-state index contributed by atoms with van der Waals surface area (Å²) in [6.45, 7) is 3.86. The molecule has 0 fully saturated rings. The quantitative estimate of drug-likeness (QED) is 0.788. The second-order valence-electron chi connectivity index (χ2n) is 3.81. The zero-order chi connectivity index (χ0) is 12.8. The van der Waals surface area contributed by atoms with Gasteiger partial charge in [0.2, 0.25) is 0 Å². The van der Waals surface area contributed by atoms with Crippen LogP contribution in [0.4, 0.5) is 0 Å². The summed E-state index contributed by atoms with van der Waals surface area (Å²) in [7, 11) is 0. The SMILES string of the molecule is CC(C)NC(CSc1ncccc1Br)C(=O)O. The third-order valence-corrected chi connectivity index (χ3v) is 3.95. The van der Waals surface area contributed by atoms with Crippen molar-refractivity contribution in [2.75, 3.05) is 5.75 Å². The first-order valence-corrected chi connectivity index (χ1v) is 7.00. The number of pyridine rings is 1. The smallest absolute Gasteiger partial charge is 0.321 e. The van der Waals surface area contributed by atoms with E-state index in [1.54, 1.807) is 6.20 Å². The van der Waals surface area contributed by atoms with Crippen LogP contribution in [0.2, 0.25) is 0 Å². The topological polar surface area (TPSA) is 62.2 Å². The molecule has 0 amide bonds. The molecule has 1 aromatic heterocycles. The Hall–Kier alpha value is -0.590. The zero-order valence-electron chi connectivity index (χ0n) is 9.68. The number of nitrogens with one attached hydrogen (secondary N) is 1. The van der Waals surface area contributed by atoms with Gasteiger partial charge >= 0.3 is 5.97 Å². The van der Waals surface area contributed by atoms with Gasteiger partial charge in [0.05, 0.1) is 0 Å². The number of nitrogens with zero attached hydrogens (tertiary/aromatic N) is 1. The van der Waals surface area contributed by atoms with E-state index in [0.717, 1.165) is 9.50 Å². The highest BCUT2D eigenvalue weighted by Gasteiger charge is 2.18. The molecule has 1 rings (SSSR count). The lowest BCUT2D eigenvalue weighted by Gasteiger charge is -2.16. The summed E-state index contributed by atoms with van der Waals surface area (Å²) < 4.78 is 0.888. The summed E-state index contributed by atoms with van der Waals surface area (Å²) in [5.74, 6) is -0.387. The van der Waals surface area contributed by atoms with Crippen molar-refractivity contribution in [1.29, 1.82) is 0 Å². The number of rotatable bonds is 6. The molecule has 1 atom stereocenters. The first kappa shape index (κ1) is 14.5. The third kappa shape index (κ3) is 5.06. The van der Waals surface area contributed by atoms with E-state index < -0.39 is 12.0 Å². The van der Waals surface area contributed by atoms with Crippen LogP contribution >= 0.6 is 27.7 Å². The van der Waals surface area contributed by atoms with Crippen LogP contribution in [-0.2, 0) is 4.79 Å². The molecule has 0 radical (unpaired) electrons. The van der Waals surface area contributed by atoms with Crippen LogP contribution in [0.15, 0.2) is 27.8 Å². The van der Waals surface area contributed by atoms with Crippen molar-refractivity contribution in [3.8, 4) is 0 Å². The molecule has 0 bridgehead atoms. The van der Waals surface area contributed by atoms with Gasteiger partial charge < -0.3 is 10.4 Å². The van der Waals surface area contributed by atoms with Gasteiger partial charge in [0.15, 0.2) is 0 Å². The van der Waals surface area contributed by atoms with Crippen LogP contribution in [0.1, 0.15) is 13.8 Å². The third-order valence-electron chi connectivity index (χ3n) is 1.94. The van der Waals surface area contributed by atoms with Gasteiger partial charge in [0, 0.05) is 22.5 Å². The first-order chi connectivity index (χ1) is 8.00. The highest BCUT2D eigenvalue weighted by molar-refractivity contribution is 9.10. The minimum atomic E-state index is -0.835. The Morgan fingerprint density at radius 3 is 2.88 bits per heavy atom. The fraction of sp³-hybridized carbons (Fsp3) is 0.455. The molecule has 1 aromatic rings. The average Bonchev–Trinajstić information content (AvgIpc) is 2.25. The van der Waals surface area contributed by atoms with Gasteiger partial charge in [-0.3, -0.25) is 4.79 Å². The summed E-state index contributed by atoms with van der Waals surface area (Å²) in [6.07, 6.45) is 1.69. The molecular weight excluding hydrogens is 304 g/mol. The standard InChI is InChI=1S/C11H15BrN2O2S/c1-7(2)14-9(11(15)16)6-17-10-8(12)4-3-5-13-10/h3-5,7,9,14H,6H2,1-2H3,(H,15,16). The van der Waals surface area contributed by atoms with Crippen molar-refractivity contribution in [3.63, 3.8) is 0 Å². The summed E-state index contributed by atoms with van der Waals surface area (Å²) in [5, 5.41) is 12.9. The molecule has 1 heterocycles. The Kier molecular flexibility index (Phi) is 5.94. The van der Waals surface area contributed by atoms with Crippen LogP contribution < -0.4 is 5.32 Å². The van der Waals surface area contributed by atoms with Gasteiger partial charge in [-0.2, -0.15) is 0 Å². The lowest BCUT2D eigenvalue weighted by atomic mass is 10.3. The van der Waals surface area contributed by atoms with Crippen molar-refractivity contribution < 1.29 is 9.90 Å². The number of hydrogen-bond donors (Lipinski definition) is 2. The van der Waals surface area contributed by atoms with Crippen LogP contribution in [0.25, 0.3) is 0 Å². The Labute approximate surface area is 113 Å². The number of aliphatic carboxylic acids is 1. The number of carboxylic acids is 1. The molecule has 6 heteroatoms. The molecule has 1 unspecified atom stereocenters. The Morgan fingerprint density at radius 2 is 2.35 bits per heavy atom. The monoisotopic (exact) mass is 318 g/mol. The van der Waals surface area contributed by atoms with Crippen molar-refractivity contribution in [3.05, 3.63) is 22.8 Å². The van der Waals surface area contributed by atoms with Gasteiger partial charge in [-0.05, 0) is 28.1 Å². The predicted octanol–water partition coefficient (Wildman–Crippen LogP) is 2.39. The maximum atomic E-state index is 11.0. The highest BCUT2D eigenvalue weighted by atomic mass is 79.9. The molecule has 0 aromatic carbocycles. The van der Waals surface area contributed by atoms with E-state index in [0.29, 0.717) is 5.75 Å². The fourth-order valence-corrected chi connectivity index (χ4v) is 2.74. The summed E-state index contributed by atoms with van der Waals surface area (Å²) in [4.78, 5) is 15.2. The van der Waals surface area contributed by atoms with Crippen LogP contribution in [0, 0.1) is 0 Å². The number of aromatic nitrogens is 1. The maximum absolute atomic E-state index is 11.0. The van der Waals surface area contributed by atoms with Crippen LogP contribution in [0.3, 0.4) is 0 Å². The molecule has 17 heavy (non-hydrogen) atoms. The van der Waals surface area contributed by atoms with Gasteiger partial charge in [-0.1, -0.05) is 13.8 Å². The Bertz CT molecular complexity index is 387. The Morgan fingerprint density at radius 1 is 1.65 bits per heavy atom. The second kappa shape index (κ2) is 6.98. The number of carboxylic acid groups (broad SMARTS) is 1. The number of thioether (sulfide) groups is 1. The Balaban J connectivity index is 2.58. The molecule has 0 aliphatic rings. The minimum Gasteiger partial charge on any atom is -0.480 e. The molecule has 0 aliphatic heterocycles. The highest BCUT2D eigenvalue weighted by Crippen LogP contribution is 2.25.